The van der Waals surface area contributed by atoms with Gasteiger partial charge in [0.05, 0.1) is 23.6 Å². The molecular formula is C15H13F2N3OS. The molecule has 0 aromatic carbocycles. The summed E-state index contributed by atoms with van der Waals surface area (Å²) in [6, 6.07) is 8.29. The second-order valence-electron chi connectivity index (χ2n) is 4.55. The Hall–Kier alpha value is -2.15. The molecule has 0 saturated carbocycles. The maximum atomic E-state index is 13.0. The molecule has 2 aromatic heterocycles. The molecule has 0 amide bonds. The van der Waals surface area contributed by atoms with Crippen molar-refractivity contribution < 1.29 is 13.5 Å². The first-order valence-electron chi connectivity index (χ1n) is 6.54. The highest BCUT2D eigenvalue weighted by atomic mass is 32.2. The van der Waals surface area contributed by atoms with Crippen LogP contribution in [0.25, 0.3) is 4.91 Å². The molecule has 0 N–H and O–H groups in total. The Morgan fingerprint density at radius 2 is 2.18 bits per heavy atom. The van der Waals surface area contributed by atoms with E-state index in [0.29, 0.717) is 11.7 Å². The van der Waals surface area contributed by atoms with E-state index in [0.717, 1.165) is 10.6 Å². The number of anilines is 1. The fraction of sp³-hybridized carbons (Fsp3) is 0.200. The van der Waals surface area contributed by atoms with Crippen molar-refractivity contribution in [2.45, 2.75) is 6.43 Å². The number of nitrogens with zero attached hydrogens (tertiary/aromatic N) is 3. The summed E-state index contributed by atoms with van der Waals surface area (Å²) >= 11 is 1.58. The second-order valence-corrected chi connectivity index (χ2v) is 5.54. The van der Waals surface area contributed by atoms with E-state index >= 15 is 0 Å². The summed E-state index contributed by atoms with van der Waals surface area (Å²) in [5, 5.41) is 0. The SMILES string of the molecule is COc1cc(C(F)F)cc(N2C=C(c3ccccn3)SC2)n1. The molecule has 114 valence electrons. The lowest BCUT2D eigenvalue weighted by atomic mass is 10.2. The molecule has 0 spiro atoms. The third kappa shape index (κ3) is 3.04. The lowest BCUT2D eigenvalue weighted by Gasteiger charge is -2.15. The number of hydrogen-bond acceptors (Lipinski definition) is 5. The van der Waals surface area contributed by atoms with Gasteiger partial charge in [-0.1, -0.05) is 6.07 Å². The van der Waals surface area contributed by atoms with Gasteiger partial charge in [-0.2, -0.15) is 4.98 Å². The molecular weight excluding hydrogens is 308 g/mol. The maximum Gasteiger partial charge on any atom is 0.264 e. The zero-order valence-corrected chi connectivity index (χ0v) is 12.6. The van der Waals surface area contributed by atoms with Gasteiger partial charge in [0, 0.05) is 24.0 Å². The Morgan fingerprint density at radius 3 is 2.86 bits per heavy atom. The van der Waals surface area contributed by atoms with Crippen molar-refractivity contribution in [2.24, 2.45) is 0 Å². The van der Waals surface area contributed by atoms with E-state index in [1.807, 2.05) is 29.3 Å². The summed E-state index contributed by atoms with van der Waals surface area (Å²) < 4.78 is 30.9. The van der Waals surface area contributed by atoms with E-state index in [1.165, 1.54) is 19.2 Å². The van der Waals surface area contributed by atoms with E-state index in [-0.39, 0.29) is 11.4 Å². The number of pyridine rings is 2. The number of ether oxygens (including phenoxy) is 1. The lowest BCUT2D eigenvalue weighted by molar-refractivity contribution is 0.151. The van der Waals surface area contributed by atoms with Crippen LogP contribution in [0.15, 0.2) is 42.7 Å². The van der Waals surface area contributed by atoms with Crippen molar-refractivity contribution in [1.82, 2.24) is 9.97 Å². The quantitative estimate of drug-likeness (QED) is 0.853. The standard InChI is InChI=1S/C15H13F2N3OS/c1-21-14-7-10(15(16)17)6-13(19-14)20-8-12(22-9-20)11-4-2-3-5-18-11/h2-8,15H,9H2,1H3. The normalized spacial score (nSPS) is 14.4. The molecule has 0 unspecified atom stereocenters. The zero-order valence-electron chi connectivity index (χ0n) is 11.7. The Balaban J connectivity index is 1.92. The van der Waals surface area contributed by atoms with E-state index in [1.54, 1.807) is 18.0 Å². The van der Waals surface area contributed by atoms with Gasteiger partial charge in [0.15, 0.2) is 0 Å². The minimum atomic E-state index is -2.56. The Bertz CT molecular complexity index is 694. The molecule has 4 nitrogen and oxygen atoms in total. The largest absolute Gasteiger partial charge is 0.481 e. The van der Waals surface area contributed by atoms with Crippen LogP contribution in [0.3, 0.4) is 0 Å². The number of hydrogen-bond donors (Lipinski definition) is 0. The van der Waals surface area contributed by atoms with Crippen LogP contribution in [0.2, 0.25) is 0 Å². The molecule has 7 heteroatoms. The highest BCUT2D eigenvalue weighted by molar-refractivity contribution is 8.08. The number of alkyl halides is 2. The molecule has 0 atom stereocenters. The summed E-state index contributed by atoms with van der Waals surface area (Å²) in [5.41, 5.74) is 0.749. The minimum Gasteiger partial charge on any atom is -0.481 e. The van der Waals surface area contributed by atoms with E-state index < -0.39 is 6.43 Å². The Labute approximate surface area is 130 Å². The van der Waals surface area contributed by atoms with Gasteiger partial charge in [-0.3, -0.25) is 4.98 Å². The molecule has 0 saturated heterocycles. The van der Waals surface area contributed by atoms with Crippen LogP contribution in [0.4, 0.5) is 14.6 Å². The van der Waals surface area contributed by atoms with Crippen LogP contribution in [0.5, 0.6) is 5.88 Å². The van der Waals surface area contributed by atoms with Crippen LogP contribution >= 0.6 is 11.8 Å². The summed E-state index contributed by atoms with van der Waals surface area (Å²) in [6.07, 6.45) is 1.02. The summed E-state index contributed by atoms with van der Waals surface area (Å²) in [6.45, 7) is 0. The van der Waals surface area contributed by atoms with Crippen molar-refractivity contribution in [3.8, 4) is 5.88 Å². The highest BCUT2D eigenvalue weighted by Gasteiger charge is 2.20. The van der Waals surface area contributed by atoms with Gasteiger partial charge < -0.3 is 9.64 Å². The van der Waals surface area contributed by atoms with Crippen LogP contribution in [-0.2, 0) is 0 Å². The third-order valence-electron chi connectivity index (χ3n) is 3.12. The molecule has 1 aliphatic rings. The molecule has 3 heterocycles. The Kier molecular flexibility index (Phi) is 4.24. The van der Waals surface area contributed by atoms with Gasteiger partial charge in [-0.05, 0) is 18.2 Å². The van der Waals surface area contributed by atoms with Gasteiger partial charge in [-0.25, -0.2) is 8.78 Å². The number of methoxy groups -OCH3 is 1. The topological polar surface area (TPSA) is 38.2 Å². The molecule has 2 aromatic rings. The number of halogens is 2. The average Bonchev–Trinajstić information content (AvgIpc) is 3.05. The molecule has 0 radical (unpaired) electrons. The van der Waals surface area contributed by atoms with Gasteiger partial charge in [0.25, 0.3) is 6.43 Å². The summed E-state index contributed by atoms with van der Waals surface area (Å²) in [4.78, 5) is 11.3. The number of rotatable bonds is 4. The minimum absolute atomic E-state index is 0.105. The van der Waals surface area contributed by atoms with Gasteiger partial charge in [-0.15, -0.1) is 11.8 Å². The third-order valence-corrected chi connectivity index (χ3v) is 4.15. The molecule has 3 rings (SSSR count). The van der Waals surface area contributed by atoms with E-state index in [4.69, 9.17) is 4.74 Å². The average molecular weight is 321 g/mol. The van der Waals surface area contributed by atoms with Crippen molar-refractivity contribution in [2.75, 3.05) is 17.9 Å². The summed E-state index contributed by atoms with van der Waals surface area (Å²) in [5.74, 6) is 1.21. The second kappa shape index (κ2) is 6.31. The van der Waals surface area contributed by atoms with Crippen molar-refractivity contribution in [1.29, 1.82) is 0 Å². The van der Waals surface area contributed by atoms with Crippen LogP contribution < -0.4 is 9.64 Å². The van der Waals surface area contributed by atoms with Gasteiger partial charge in [0.1, 0.15) is 5.82 Å². The van der Waals surface area contributed by atoms with Crippen LogP contribution in [0.1, 0.15) is 17.7 Å². The monoisotopic (exact) mass is 321 g/mol. The number of aromatic nitrogens is 2. The van der Waals surface area contributed by atoms with Crippen molar-refractivity contribution >= 4 is 22.5 Å². The molecule has 1 aliphatic heterocycles. The first-order valence-corrected chi connectivity index (χ1v) is 7.52. The predicted octanol–water partition coefficient (Wildman–Crippen LogP) is 3.93. The molecule has 0 aliphatic carbocycles. The maximum absolute atomic E-state index is 13.0. The first kappa shape index (κ1) is 14.8. The fourth-order valence-corrected chi connectivity index (χ4v) is 2.98. The first-order chi connectivity index (χ1) is 10.7. The Morgan fingerprint density at radius 1 is 1.32 bits per heavy atom. The number of thioether (sulfide) groups is 1. The van der Waals surface area contributed by atoms with Crippen LogP contribution in [0, 0.1) is 0 Å². The van der Waals surface area contributed by atoms with Crippen LogP contribution in [-0.4, -0.2) is 23.0 Å². The molecule has 0 fully saturated rings. The lowest BCUT2D eigenvalue weighted by Crippen LogP contribution is -2.13. The fourth-order valence-electron chi connectivity index (χ4n) is 2.02. The predicted molar refractivity (Wildman–Crippen MR) is 82.9 cm³/mol. The molecule has 22 heavy (non-hydrogen) atoms. The van der Waals surface area contributed by atoms with E-state index in [9.17, 15) is 8.78 Å². The van der Waals surface area contributed by atoms with Gasteiger partial charge >= 0.3 is 0 Å². The van der Waals surface area contributed by atoms with Gasteiger partial charge in [0.2, 0.25) is 5.88 Å². The highest BCUT2D eigenvalue weighted by Crippen LogP contribution is 2.36. The van der Waals surface area contributed by atoms with Crippen molar-refractivity contribution in [3.63, 3.8) is 0 Å². The molecule has 0 bridgehead atoms. The van der Waals surface area contributed by atoms with E-state index in [2.05, 4.69) is 9.97 Å². The smallest absolute Gasteiger partial charge is 0.264 e. The zero-order chi connectivity index (χ0) is 15.5. The van der Waals surface area contributed by atoms with Crippen molar-refractivity contribution in [3.05, 3.63) is 54.0 Å². The summed E-state index contributed by atoms with van der Waals surface area (Å²) in [7, 11) is 1.41.